The van der Waals surface area contributed by atoms with Crippen LogP contribution in [0.15, 0.2) is 0 Å². The maximum atomic E-state index is 5.39. The lowest BCUT2D eigenvalue weighted by Gasteiger charge is -2.33. The van der Waals surface area contributed by atoms with Gasteiger partial charge in [-0.25, -0.2) is 0 Å². The summed E-state index contributed by atoms with van der Waals surface area (Å²) in [5.74, 6) is 0.752. The Hall–Kier alpha value is 0.0900. The first-order valence-electron chi connectivity index (χ1n) is 4.50. The van der Waals surface area contributed by atoms with Crippen molar-refractivity contribution in [2.75, 3.05) is 0 Å². The lowest BCUT2D eigenvalue weighted by molar-refractivity contribution is 0.152. The predicted octanol–water partition coefficient (Wildman–Crippen LogP) is 3.20. The summed E-state index contributed by atoms with van der Waals surface area (Å²) in [7, 11) is 0. The van der Waals surface area contributed by atoms with Gasteiger partial charge in [0, 0.05) is 0 Å². The van der Waals surface area contributed by atoms with Crippen molar-refractivity contribution in [2.24, 2.45) is 16.7 Å². The van der Waals surface area contributed by atoms with Gasteiger partial charge in [0.25, 0.3) is 0 Å². The molecule has 0 saturated heterocycles. The summed E-state index contributed by atoms with van der Waals surface area (Å²) in [5, 5.41) is 0. The van der Waals surface area contributed by atoms with E-state index in [2.05, 4.69) is 20.8 Å². The quantitative estimate of drug-likeness (QED) is 0.500. The largest absolute Gasteiger partial charge is 0.0893 e. The minimum absolute atomic E-state index is 0.490. The molecule has 2 bridgehead atoms. The zero-order valence-corrected chi connectivity index (χ0v) is 8.42. The van der Waals surface area contributed by atoms with Crippen LogP contribution in [0.4, 0.5) is 0 Å². The highest BCUT2D eigenvalue weighted by atomic mass is 32.1. The zero-order chi connectivity index (χ0) is 8.28. The molecule has 2 rings (SSSR count). The van der Waals surface area contributed by atoms with Crippen LogP contribution in [0.1, 0.15) is 40.0 Å². The van der Waals surface area contributed by atoms with Crippen molar-refractivity contribution in [3.05, 3.63) is 0 Å². The number of hydrogen-bond donors (Lipinski definition) is 0. The van der Waals surface area contributed by atoms with Crippen molar-refractivity contribution in [2.45, 2.75) is 40.0 Å². The van der Waals surface area contributed by atoms with E-state index < -0.39 is 0 Å². The summed E-state index contributed by atoms with van der Waals surface area (Å²) in [4.78, 5) is 1.35. The molecule has 0 aromatic carbocycles. The van der Waals surface area contributed by atoms with Crippen LogP contribution in [0, 0.1) is 16.7 Å². The molecule has 0 N–H and O–H groups in total. The second-order valence-corrected chi connectivity index (χ2v) is 5.54. The molecule has 0 heterocycles. The zero-order valence-electron chi connectivity index (χ0n) is 7.61. The minimum atomic E-state index is 0.490. The van der Waals surface area contributed by atoms with Crippen LogP contribution in [0.25, 0.3) is 0 Å². The second-order valence-electron chi connectivity index (χ2n) is 5.02. The SMILES string of the molecule is CC1(C)[C@H]2CC[C@]1(C)CC2=S. The van der Waals surface area contributed by atoms with Gasteiger partial charge in [0.1, 0.15) is 0 Å². The monoisotopic (exact) mass is 168 g/mol. The molecule has 2 fully saturated rings. The Morgan fingerprint density at radius 1 is 1.36 bits per heavy atom. The van der Waals surface area contributed by atoms with E-state index in [1.165, 1.54) is 24.1 Å². The average molecular weight is 168 g/mol. The molecule has 1 heteroatoms. The fourth-order valence-electron chi connectivity index (χ4n) is 2.95. The number of thiocarbonyl (C=S) groups is 1. The molecule has 0 aromatic rings. The highest BCUT2D eigenvalue weighted by Crippen LogP contribution is 2.64. The summed E-state index contributed by atoms with van der Waals surface area (Å²) in [6, 6.07) is 0. The number of fused-ring (bicyclic) bond motifs is 2. The molecule has 0 radical (unpaired) electrons. The van der Waals surface area contributed by atoms with Crippen molar-refractivity contribution in [1.82, 2.24) is 0 Å². The third-order valence-corrected chi connectivity index (χ3v) is 4.79. The van der Waals surface area contributed by atoms with E-state index in [9.17, 15) is 0 Å². The molecule has 0 spiro atoms. The van der Waals surface area contributed by atoms with Crippen LogP contribution in [0.3, 0.4) is 0 Å². The Bertz CT molecular complexity index is 214. The van der Waals surface area contributed by atoms with Gasteiger partial charge in [0.2, 0.25) is 0 Å². The van der Waals surface area contributed by atoms with Gasteiger partial charge >= 0.3 is 0 Å². The van der Waals surface area contributed by atoms with E-state index in [0.717, 1.165) is 5.92 Å². The summed E-state index contributed by atoms with van der Waals surface area (Å²) in [6.07, 6.45) is 3.95. The maximum Gasteiger partial charge on any atom is -0.00294 e. The molecule has 2 saturated carbocycles. The van der Waals surface area contributed by atoms with Crippen molar-refractivity contribution in [1.29, 1.82) is 0 Å². The molecule has 2 aliphatic rings. The highest BCUT2D eigenvalue weighted by molar-refractivity contribution is 7.80. The van der Waals surface area contributed by atoms with E-state index in [1.807, 2.05) is 0 Å². The minimum Gasteiger partial charge on any atom is -0.0893 e. The highest BCUT2D eigenvalue weighted by Gasteiger charge is 2.58. The Labute approximate surface area is 74.4 Å². The van der Waals surface area contributed by atoms with Gasteiger partial charge in [0.15, 0.2) is 0 Å². The summed E-state index contributed by atoms with van der Waals surface area (Å²) in [6.45, 7) is 7.19. The van der Waals surface area contributed by atoms with Crippen molar-refractivity contribution in [3.63, 3.8) is 0 Å². The summed E-state index contributed by atoms with van der Waals surface area (Å²) in [5.41, 5.74) is 1.03. The van der Waals surface area contributed by atoms with Crippen LogP contribution in [0.2, 0.25) is 0 Å². The predicted molar refractivity (Wildman–Crippen MR) is 51.8 cm³/mol. The lowest BCUT2D eigenvalue weighted by Crippen LogP contribution is -2.26. The number of rotatable bonds is 0. The fourth-order valence-corrected chi connectivity index (χ4v) is 3.68. The van der Waals surface area contributed by atoms with E-state index >= 15 is 0 Å². The van der Waals surface area contributed by atoms with Crippen LogP contribution < -0.4 is 0 Å². The molecule has 0 aliphatic heterocycles. The second kappa shape index (κ2) is 1.87. The van der Waals surface area contributed by atoms with Gasteiger partial charge in [-0.2, -0.15) is 0 Å². The van der Waals surface area contributed by atoms with Crippen LogP contribution >= 0.6 is 12.2 Å². The van der Waals surface area contributed by atoms with Gasteiger partial charge < -0.3 is 0 Å². The molecule has 0 unspecified atom stereocenters. The molecule has 0 nitrogen and oxygen atoms in total. The van der Waals surface area contributed by atoms with Gasteiger partial charge in [-0.3, -0.25) is 0 Å². The molecular formula is C10H16S. The third-order valence-electron chi connectivity index (χ3n) is 4.36. The Morgan fingerprint density at radius 2 is 2.00 bits per heavy atom. The summed E-state index contributed by atoms with van der Waals surface area (Å²) >= 11 is 5.39. The van der Waals surface area contributed by atoms with Crippen LogP contribution in [0.5, 0.6) is 0 Å². The number of hydrogen-bond acceptors (Lipinski definition) is 1. The Kier molecular flexibility index (Phi) is 1.32. The lowest BCUT2D eigenvalue weighted by atomic mass is 9.71. The van der Waals surface area contributed by atoms with Crippen LogP contribution in [-0.2, 0) is 0 Å². The Morgan fingerprint density at radius 3 is 2.18 bits per heavy atom. The third kappa shape index (κ3) is 0.729. The molecule has 62 valence electrons. The van der Waals surface area contributed by atoms with E-state index in [4.69, 9.17) is 12.2 Å². The molecule has 2 aliphatic carbocycles. The molecule has 0 amide bonds. The fraction of sp³-hybridized carbons (Fsp3) is 0.900. The molecular weight excluding hydrogens is 152 g/mol. The average Bonchev–Trinajstić information content (AvgIpc) is 2.13. The normalized spacial score (nSPS) is 46.8. The van der Waals surface area contributed by atoms with E-state index in [-0.39, 0.29) is 0 Å². The molecule has 11 heavy (non-hydrogen) atoms. The van der Waals surface area contributed by atoms with Gasteiger partial charge in [-0.05, 0) is 40.9 Å². The first-order chi connectivity index (χ1) is 4.97. The molecule has 2 atom stereocenters. The van der Waals surface area contributed by atoms with Crippen molar-refractivity contribution >= 4 is 17.1 Å². The standard InChI is InChI=1S/C10H16S/c1-9(2)7-4-5-10(9,3)6-8(7)11/h7H,4-6H2,1-3H3/t7-,10+/m0/s1. The Balaban J connectivity index is 2.45. The molecule has 0 aromatic heterocycles. The smallest absolute Gasteiger partial charge is 0.00294 e. The van der Waals surface area contributed by atoms with Gasteiger partial charge in [-0.1, -0.05) is 33.0 Å². The van der Waals surface area contributed by atoms with Gasteiger partial charge in [0.05, 0.1) is 0 Å². The maximum absolute atomic E-state index is 5.39. The topological polar surface area (TPSA) is 0 Å². The first-order valence-corrected chi connectivity index (χ1v) is 4.91. The van der Waals surface area contributed by atoms with E-state index in [1.54, 1.807) is 0 Å². The van der Waals surface area contributed by atoms with Crippen molar-refractivity contribution < 1.29 is 0 Å². The van der Waals surface area contributed by atoms with Gasteiger partial charge in [-0.15, -0.1) is 0 Å². The first kappa shape index (κ1) is 7.72. The van der Waals surface area contributed by atoms with Crippen LogP contribution in [-0.4, -0.2) is 4.86 Å². The summed E-state index contributed by atoms with van der Waals surface area (Å²) < 4.78 is 0. The van der Waals surface area contributed by atoms with Crippen molar-refractivity contribution in [3.8, 4) is 0 Å². The van der Waals surface area contributed by atoms with E-state index in [0.29, 0.717) is 10.8 Å².